The molecule has 1 heterocycles. The summed E-state index contributed by atoms with van der Waals surface area (Å²) in [5.74, 6) is 0.450. The fraction of sp³-hybridized carbons (Fsp3) is 0.571. The Kier molecular flexibility index (Phi) is 4.02. The Bertz CT molecular complexity index is 378. The molecule has 0 spiro atoms. The molecular formula is C14H22N2O. The van der Waals surface area contributed by atoms with Crippen LogP contribution in [0.5, 0.6) is 0 Å². The Morgan fingerprint density at radius 2 is 2.29 bits per heavy atom. The van der Waals surface area contributed by atoms with Crippen LogP contribution in [0.4, 0.5) is 5.69 Å². The molecule has 1 saturated heterocycles. The zero-order chi connectivity index (χ0) is 12.3. The number of anilines is 1. The Morgan fingerprint density at radius 1 is 1.47 bits per heavy atom. The molecule has 0 bridgehead atoms. The topological polar surface area (TPSA) is 35.5 Å². The van der Waals surface area contributed by atoms with Crippen LogP contribution >= 0.6 is 0 Å². The first-order chi connectivity index (χ1) is 8.24. The van der Waals surface area contributed by atoms with Crippen molar-refractivity contribution in [2.24, 2.45) is 5.92 Å². The van der Waals surface area contributed by atoms with Crippen LogP contribution in [0.1, 0.15) is 17.5 Å². The molecule has 1 aromatic rings. The van der Waals surface area contributed by atoms with Gasteiger partial charge in [0, 0.05) is 37.8 Å². The molecular weight excluding hydrogens is 212 g/mol. The van der Waals surface area contributed by atoms with Gasteiger partial charge in [-0.15, -0.1) is 0 Å². The number of nitrogens with zero attached hydrogens (tertiary/aromatic N) is 1. The van der Waals surface area contributed by atoms with Gasteiger partial charge >= 0.3 is 0 Å². The fourth-order valence-electron chi connectivity index (χ4n) is 2.59. The molecule has 0 amide bonds. The van der Waals surface area contributed by atoms with Crippen LogP contribution in [-0.2, 0) is 6.54 Å². The van der Waals surface area contributed by atoms with Crippen molar-refractivity contribution in [3.8, 4) is 0 Å². The largest absolute Gasteiger partial charge is 0.396 e. The second-order valence-electron chi connectivity index (χ2n) is 4.93. The number of aliphatic hydroxyl groups is 1. The summed E-state index contributed by atoms with van der Waals surface area (Å²) in [7, 11) is 1.97. The first-order valence-electron chi connectivity index (χ1n) is 6.34. The van der Waals surface area contributed by atoms with Gasteiger partial charge in [0.15, 0.2) is 0 Å². The molecule has 1 atom stereocenters. The van der Waals surface area contributed by atoms with E-state index in [-0.39, 0.29) is 0 Å². The third-order valence-electron chi connectivity index (χ3n) is 3.53. The first kappa shape index (κ1) is 12.4. The summed E-state index contributed by atoms with van der Waals surface area (Å²) in [6.45, 7) is 5.45. The highest BCUT2D eigenvalue weighted by molar-refractivity contribution is 5.55. The van der Waals surface area contributed by atoms with Crippen LogP contribution in [0.25, 0.3) is 0 Å². The molecule has 17 heavy (non-hydrogen) atoms. The summed E-state index contributed by atoms with van der Waals surface area (Å²) >= 11 is 0. The highest BCUT2D eigenvalue weighted by atomic mass is 16.3. The van der Waals surface area contributed by atoms with E-state index in [1.807, 2.05) is 7.05 Å². The maximum absolute atomic E-state index is 9.18. The van der Waals surface area contributed by atoms with E-state index in [4.69, 9.17) is 0 Å². The van der Waals surface area contributed by atoms with Gasteiger partial charge in [-0.25, -0.2) is 0 Å². The third kappa shape index (κ3) is 2.79. The normalized spacial score (nSPS) is 19.9. The number of aryl methyl sites for hydroxylation is 1. The molecule has 0 saturated carbocycles. The Labute approximate surface area is 103 Å². The number of rotatable bonds is 4. The minimum Gasteiger partial charge on any atom is -0.396 e. The summed E-state index contributed by atoms with van der Waals surface area (Å²) in [6.07, 6.45) is 1.11. The molecule has 3 nitrogen and oxygen atoms in total. The molecule has 2 rings (SSSR count). The van der Waals surface area contributed by atoms with E-state index in [9.17, 15) is 5.11 Å². The van der Waals surface area contributed by atoms with Gasteiger partial charge in [-0.1, -0.05) is 12.1 Å². The van der Waals surface area contributed by atoms with E-state index in [1.165, 1.54) is 16.8 Å². The zero-order valence-electron chi connectivity index (χ0n) is 10.7. The quantitative estimate of drug-likeness (QED) is 0.829. The van der Waals surface area contributed by atoms with Crippen molar-refractivity contribution in [2.75, 3.05) is 31.6 Å². The predicted octanol–water partition coefficient (Wildman–Crippen LogP) is 1.53. The number of nitrogens with one attached hydrogen (secondary N) is 1. The second-order valence-corrected chi connectivity index (χ2v) is 4.93. The molecule has 0 aliphatic carbocycles. The number of aliphatic hydroxyl groups excluding tert-OH is 1. The molecule has 1 aromatic carbocycles. The SMILES string of the molecule is CNCc1ccc(N2CCC(CO)C2)c(C)c1. The minimum absolute atomic E-state index is 0.313. The van der Waals surface area contributed by atoms with E-state index < -0.39 is 0 Å². The van der Waals surface area contributed by atoms with Gasteiger partial charge in [-0.05, 0) is 37.6 Å². The average Bonchev–Trinajstić information content (AvgIpc) is 2.78. The number of benzene rings is 1. The molecule has 1 fully saturated rings. The minimum atomic E-state index is 0.313. The lowest BCUT2D eigenvalue weighted by molar-refractivity contribution is 0.238. The molecule has 0 radical (unpaired) electrons. The van der Waals surface area contributed by atoms with Gasteiger partial charge < -0.3 is 15.3 Å². The molecule has 0 aromatic heterocycles. The van der Waals surface area contributed by atoms with Crippen LogP contribution in [0, 0.1) is 12.8 Å². The van der Waals surface area contributed by atoms with Crippen LogP contribution in [0.15, 0.2) is 18.2 Å². The van der Waals surface area contributed by atoms with Crippen molar-refractivity contribution in [3.63, 3.8) is 0 Å². The Balaban J connectivity index is 2.11. The third-order valence-corrected chi connectivity index (χ3v) is 3.53. The van der Waals surface area contributed by atoms with Gasteiger partial charge in [0.25, 0.3) is 0 Å². The lowest BCUT2D eigenvalue weighted by atomic mass is 10.1. The predicted molar refractivity (Wildman–Crippen MR) is 71.3 cm³/mol. The number of hydrogen-bond donors (Lipinski definition) is 2. The van der Waals surface area contributed by atoms with Crippen molar-refractivity contribution in [1.82, 2.24) is 5.32 Å². The molecule has 1 aliphatic heterocycles. The summed E-state index contributed by atoms with van der Waals surface area (Å²) in [4.78, 5) is 2.39. The summed E-state index contributed by atoms with van der Waals surface area (Å²) in [5, 5.41) is 12.3. The van der Waals surface area contributed by atoms with E-state index in [1.54, 1.807) is 0 Å². The van der Waals surface area contributed by atoms with Crippen LogP contribution in [-0.4, -0.2) is 31.9 Å². The standard InChI is InChI=1S/C14H22N2O/c1-11-7-12(8-15-2)3-4-14(11)16-6-5-13(9-16)10-17/h3-4,7,13,15,17H,5-6,8-10H2,1-2H3. The molecule has 2 N–H and O–H groups in total. The van der Waals surface area contributed by atoms with Gasteiger partial charge in [0.05, 0.1) is 0 Å². The van der Waals surface area contributed by atoms with Crippen molar-refractivity contribution in [1.29, 1.82) is 0 Å². The number of hydrogen-bond acceptors (Lipinski definition) is 3. The smallest absolute Gasteiger partial charge is 0.0476 e. The summed E-state index contributed by atoms with van der Waals surface area (Å²) in [6, 6.07) is 6.64. The highest BCUT2D eigenvalue weighted by Crippen LogP contribution is 2.27. The van der Waals surface area contributed by atoms with E-state index in [0.717, 1.165) is 26.1 Å². The average molecular weight is 234 g/mol. The maximum atomic E-state index is 9.18. The Morgan fingerprint density at radius 3 is 2.88 bits per heavy atom. The van der Waals surface area contributed by atoms with Crippen molar-refractivity contribution in [3.05, 3.63) is 29.3 Å². The van der Waals surface area contributed by atoms with Crippen molar-refractivity contribution >= 4 is 5.69 Å². The molecule has 1 aliphatic rings. The van der Waals surface area contributed by atoms with E-state index in [0.29, 0.717) is 12.5 Å². The Hall–Kier alpha value is -1.06. The molecule has 1 unspecified atom stereocenters. The van der Waals surface area contributed by atoms with Crippen molar-refractivity contribution in [2.45, 2.75) is 19.9 Å². The van der Waals surface area contributed by atoms with Gasteiger partial charge in [0.2, 0.25) is 0 Å². The first-order valence-corrected chi connectivity index (χ1v) is 6.34. The van der Waals surface area contributed by atoms with Gasteiger partial charge in [-0.3, -0.25) is 0 Å². The highest BCUT2D eigenvalue weighted by Gasteiger charge is 2.22. The lowest BCUT2D eigenvalue weighted by Gasteiger charge is -2.21. The monoisotopic (exact) mass is 234 g/mol. The molecule has 94 valence electrons. The zero-order valence-corrected chi connectivity index (χ0v) is 10.7. The molecule has 3 heteroatoms. The van der Waals surface area contributed by atoms with Crippen LogP contribution in [0.2, 0.25) is 0 Å². The van der Waals surface area contributed by atoms with Crippen LogP contribution < -0.4 is 10.2 Å². The lowest BCUT2D eigenvalue weighted by Crippen LogP contribution is -2.21. The maximum Gasteiger partial charge on any atom is 0.0476 e. The second kappa shape index (κ2) is 5.52. The van der Waals surface area contributed by atoms with Crippen molar-refractivity contribution < 1.29 is 5.11 Å². The summed E-state index contributed by atoms with van der Waals surface area (Å²) in [5.41, 5.74) is 3.98. The van der Waals surface area contributed by atoms with E-state index >= 15 is 0 Å². The van der Waals surface area contributed by atoms with Gasteiger partial charge in [-0.2, -0.15) is 0 Å². The van der Waals surface area contributed by atoms with E-state index in [2.05, 4.69) is 35.3 Å². The van der Waals surface area contributed by atoms with Crippen LogP contribution in [0.3, 0.4) is 0 Å². The fourth-order valence-corrected chi connectivity index (χ4v) is 2.59. The van der Waals surface area contributed by atoms with Gasteiger partial charge in [0.1, 0.15) is 0 Å². The summed E-state index contributed by atoms with van der Waals surface area (Å²) < 4.78 is 0.